The van der Waals surface area contributed by atoms with E-state index in [2.05, 4.69) is 16.7 Å². The lowest BCUT2D eigenvalue weighted by atomic mass is 10.0. The maximum absolute atomic E-state index is 12.9. The summed E-state index contributed by atoms with van der Waals surface area (Å²) in [5.41, 5.74) is 0.740. The smallest absolute Gasteiger partial charge is 0.137 e. The van der Waals surface area contributed by atoms with Crippen molar-refractivity contribution in [1.82, 2.24) is 14.8 Å². The third-order valence-corrected chi connectivity index (χ3v) is 2.50. The van der Waals surface area contributed by atoms with Gasteiger partial charge in [0.05, 0.1) is 6.10 Å². The van der Waals surface area contributed by atoms with Gasteiger partial charge in [-0.25, -0.2) is 14.1 Å². The van der Waals surface area contributed by atoms with E-state index < -0.39 is 12.1 Å². The van der Waals surface area contributed by atoms with Crippen molar-refractivity contribution in [2.24, 2.45) is 0 Å². The molecule has 1 heterocycles. The second kappa shape index (κ2) is 4.88. The number of benzene rings is 1. The van der Waals surface area contributed by atoms with E-state index in [1.807, 2.05) is 0 Å². The predicted molar refractivity (Wildman–Crippen MR) is 60.8 cm³/mol. The molecule has 2 atom stereocenters. The van der Waals surface area contributed by atoms with Crippen molar-refractivity contribution in [3.63, 3.8) is 0 Å². The fraction of sp³-hybridized carbons (Fsp3) is 0.167. The van der Waals surface area contributed by atoms with E-state index in [-0.39, 0.29) is 5.82 Å². The van der Waals surface area contributed by atoms with Crippen LogP contribution in [0.25, 0.3) is 0 Å². The number of nitrogens with zero attached hydrogens (tertiary/aromatic N) is 3. The number of halogens is 1. The number of hydrogen-bond acceptors (Lipinski definition) is 3. The molecule has 1 aromatic heterocycles. The van der Waals surface area contributed by atoms with Crippen LogP contribution >= 0.6 is 0 Å². The minimum absolute atomic E-state index is 0.320. The second-order valence-electron chi connectivity index (χ2n) is 3.60. The first kappa shape index (κ1) is 11.5. The summed E-state index contributed by atoms with van der Waals surface area (Å²) in [6.07, 6.45) is 3.48. The normalized spacial score (nSPS) is 14.2. The fourth-order valence-electron chi connectivity index (χ4n) is 1.66. The molecule has 5 heteroatoms. The Balaban J connectivity index is 2.40. The Hall–Kier alpha value is -2.01. The first-order chi connectivity index (χ1) is 8.22. The highest BCUT2D eigenvalue weighted by atomic mass is 19.1. The minimum Gasteiger partial charge on any atom is -0.386 e. The van der Waals surface area contributed by atoms with Crippen LogP contribution in [-0.2, 0) is 0 Å². The molecule has 2 unspecified atom stereocenters. The van der Waals surface area contributed by atoms with E-state index in [1.165, 1.54) is 35.5 Å². The number of hydrogen-bond donors (Lipinski definition) is 1. The second-order valence-corrected chi connectivity index (χ2v) is 3.60. The van der Waals surface area contributed by atoms with Crippen molar-refractivity contribution in [2.45, 2.75) is 12.1 Å². The van der Waals surface area contributed by atoms with Crippen LogP contribution in [0.3, 0.4) is 0 Å². The quantitative estimate of drug-likeness (QED) is 0.815. The molecule has 0 aliphatic carbocycles. The van der Waals surface area contributed by atoms with Gasteiger partial charge in [-0.3, -0.25) is 0 Å². The van der Waals surface area contributed by atoms with E-state index in [1.54, 1.807) is 12.1 Å². The average molecular weight is 233 g/mol. The van der Waals surface area contributed by atoms with Crippen LogP contribution in [-0.4, -0.2) is 26.0 Å². The number of aliphatic hydroxyl groups is 1. The summed E-state index contributed by atoms with van der Waals surface area (Å²) in [6.45, 7) is 3.55. The van der Waals surface area contributed by atoms with Gasteiger partial charge in [0, 0.05) is 0 Å². The Morgan fingerprint density at radius 2 is 2.06 bits per heavy atom. The predicted octanol–water partition coefficient (Wildman–Crippen LogP) is 1.55. The molecule has 2 rings (SSSR count). The van der Waals surface area contributed by atoms with Gasteiger partial charge in [-0.2, -0.15) is 5.10 Å². The molecular formula is C12H12FN3O. The Morgan fingerprint density at radius 3 is 2.59 bits per heavy atom. The van der Waals surface area contributed by atoms with Gasteiger partial charge >= 0.3 is 0 Å². The number of aromatic nitrogens is 3. The summed E-state index contributed by atoms with van der Waals surface area (Å²) in [5.74, 6) is -0.320. The zero-order valence-corrected chi connectivity index (χ0v) is 9.07. The van der Waals surface area contributed by atoms with Crippen molar-refractivity contribution in [2.75, 3.05) is 0 Å². The molecule has 4 nitrogen and oxygen atoms in total. The highest BCUT2D eigenvalue weighted by molar-refractivity contribution is 5.22. The fourth-order valence-corrected chi connectivity index (χ4v) is 1.66. The zero-order chi connectivity index (χ0) is 12.3. The molecule has 1 aromatic carbocycles. The standard InChI is InChI=1S/C12H12FN3O/c1-2-11(17)12(16-8-14-7-15-16)9-3-5-10(13)6-4-9/h2-8,11-12,17H,1H2. The van der Waals surface area contributed by atoms with Crippen molar-refractivity contribution in [3.8, 4) is 0 Å². The molecule has 2 aromatic rings. The van der Waals surface area contributed by atoms with Gasteiger partial charge in [0.15, 0.2) is 0 Å². The van der Waals surface area contributed by atoms with Gasteiger partial charge < -0.3 is 5.11 Å². The average Bonchev–Trinajstić information content (AvgIpc) is 2.85. The largest absolute Gasteiger partial charge is 0.386 e. The summed E-state index contributed by atoms with van der Waals surface area (Å²) in [5, 5.41) is 13.9. The van der Waals surface area contributed by atoms with Gasteiger partial charge in [-0.15, -0.1) is 6.58 Å². The van der Waals surface area contributed by atoms with Crippen LogP contribution in [0.2, 0.25) is 0 Å². The molecule has 17 heavy (non-hydrogen) atoms. The zero-order valence-electron chi connectivity index (χ0n) is 9.07. The highest BCUT2D eigenvalue weighted by Crippen LogP contribution is 2.21. The van der Waals surface area contributed by atoms with Crippen molar-refractivity contribution < 1.29 is 9.50 Å². The van der Waals surface area contributed by atoms with Gasteiger partial charge in [0.25, 0.3) is 0 Å². The molecule has 0 aliphatic rings. The molecule has 0 spiro atoms. The summed E-state index contributed by atoms with van der Waals surface area (Å²) in [4.78, 5) is 3.84. The monoisotopic (exact) mass is 233 g/mol. The van der Waals surface area contributed by atoms with Crippen LogP contribution in [0.15, 0.2) is 49.6 Å². The van der Waals surface area contributed by atoms with Gasteiger partial charge in [0.2, 0.25) is 0 Å². The third-order valence-electron chi connectivity index (χ3n) is 2.50. The van der Waals surface area contributed by atoms with Crippen LogP contribution in [0.1, 0.15) is 11.6 Å². The first-order valence-corrected chi connectivity index (χ1v) is 5.12. The van der Waals surface area contributed by atoms with E-state index in [9.17, 15) is 9.50 Å². The molecule has 0 bridgehead atoms. The summed E-state index contributed by atoms with van der Waals surface area (Å²) < 4.78 is 14.4. The maximum atomic E-state index is 12.9. The van der Waals surface area contributed by atoms with Crippen LogP contribution in [0.4, 0.5) is 4.39 Å². The molecular weight excluding hydrogens is 221 g/mol. The summed E-state index contributed by atoms with van der Waals surface area (Å²) in [7, 11) is 0. The first-order valence-electron chi connectivity index (χ1n) is 5.12. The van der Waals surface area contributed by atoms with Gasteiger partial charge in [0.1, 0.15) is 24.5 Å². The lowest BCUT2D eigenvalue weighted by Crippen LogP contribution is -2.24. The van der Waals surface area contributed by atoms with Crippen LogP contribution in [0.5, 0.6) is 0 Å². The summed E-state index contributed by atoms with van der Waals surface area (Å²) >= 11 is 0. The Kier molecular flexibility index (Phi) is 3.30. The lowest BCUT2D eigenvalue weighted by molar-refractivity contribution is 0.169. The van der Waals surface area contributed by atoms with Crippen molar-refractivity contribution in [3.05, 3.63) is 61.0 Å². The molecule has 88 valence electrons. The molecule has 0 amide bonds. The van der Waals surface area contributed by atoms with E-state index in [0.717, 1.165) is 5.56 Å². The number of aliphatic hydroxyl groups excluding tert-OH is 1. The van der Waals surface area contributed by atoms with Crippen molar-refractivity contribution >= 4 is 0 Å². The van der Waals surface area contributed by atoms with Gasteiger partial charge in [-0.1, -0.05) is 18.2 Å². The van der Waals surface area contributed by atoms with Crippen LogP contribution in [0, 0.1) is 5.82 Å². The van der Waals surface area contributed by atoms with Crippen LogP contribution < -0.4 is 0 Å². The highest BCUT2D eigenvalue weighted by Gasteiger charge is 2.21. The Bertz CT molecular complexity index is 481. The molecule has 0 aliphatic heterocycles. The minimum atomic E-state index is -0.817. The molecule has 0 saturated heterocycles. The molecule has 0 fully saturated rings. The van der Waals surface area contributed by atoms with Crippen molar-refractivity contribution in [1.29, 1.82) is 0 Å². The van der Waals surface area contributed by atoms with E-state index in [0.29, 0.717) is 0 Å². The number of rotatable bonds is 4. The molecule has 0 radical (unpaired) electrons. The summed E-state index contributed by atoms with van der Waals surface area (Å²) in [6, 6.07) is 5.45. The van der Waals surface area contributed by atoms with E-state index in [4.69, 9.17) is 0 Å². The van der Waals surface area contributed by atoms with Gasteiger partial charge in [-0.05, 0) is 17.7 Å². The Labute approximate surface area is 98.0 Å². The van der Waals surface area contributed by atoms with E-state index >= 15 is 0 Å². The molecule has 1 N–H and O–H groups in total. The maximum Gasteiger partial charge on any atom is 0.137 e. The topological polar surface area (TPSA) is 50.9 Å². The third kappa shape index (κ3) is 2.39. The lowest BCUT2D eigenvalue weighted by Gasteiger charge is -2.20. The SMILES string of the molecule is C=CC(O)C(c1ccc(F)cc1)n1cncn1. The molecule has 0 saturated carbocycles. The Morgan fingerprint density at radius 1 is 1.35 bits per heavy atom.